The van der Waals surface area contributed by atoms with Gasteiger partial charge in [0.25, 0.3) is 0 Å². The number of para-hydroxylation sites is 1. The second kappa shape index (κ2) is 5.08. The zero-order chi connectivity index (χ0) is 13.2. The van der Waals surface area contributed by atoms with Gasteiger partial charge in [-0.05, 0) is 24.3 Å². The lowest BCUT2D eigenvalue weighted by Crippen LogP contribution is -1.77. The predicted octanol–water partition coefficient (Wildman–Crippen LogP) is 5.23. The van der Waals surface area contributed by atoms with E-state index in [0.717, 1.165) is 22.2 Å². The zero-order valence-electron chi connectivity index (χ0n) is 9.90. The van der Waals surface area contributed by atoms with Gasteiger partial charge < -0.3 is 4.98 Å². The standard InChI is InChI=1S/C15H10Cl2N2/c16-13-6-5-11(7-14(13)17)18-8-10-9-19-15-4-2-1-3-12(10)15/h1-9,19H. The number of nitrogens with zero attached hydrogens (tertiary/aromatic N) is 1. The summed E-state index contributed by atoms with van der Waals surface area (Å²) in [6.07, 6.45) is 3.75. The van der Waals surface area contributed by atoms with Crippen LogP contribution in [0.5, 0.6) is 0 Å². The van der Waals surface area contributed by atoms with Gasteiger partial charge in [0.2, 0.25) is 0 Å². The molecule has 0 amide bonds. The van der Waals surface area contributed by atoms with Gasteiger partial charge in [0, 0.05) is 28.9 Å². The van der Waals surface area contributed by atoms with Crippen molar-refractivity contribution in [3.8, 4) is 0 Å². The molecule has 0 aliphatic heterocycles. The molecule has 0 aliphatic rings. The summed E-state index contributed by atoms with van der Waals surface area (Å²) in [5.74, 6) is 0. The lowest BCUT2D eigenvalue weighted by molar-refractivity contribution is 1.47. The molecule has 0 saturated carbocycles. The van der Waals surface area contributed by atoms with E-state index in [2.05, 4.69) is 16.0 Å². The SMILES string of the molecule is Clc1ccc(N=Cc2c[nH]c3ccccc23)cc1Cl. The number of rotatable bonds is 2. The minimum Gasteiger partial charge on any atom is -0.361 e. The molecule has 3 rings (SSSR count). The fraction of sp³-hybridized carbons (Fsp3) is 0. The summed E-state index contributed by atoms with van der Waals surface area (Å²) < 4.78 is 0. The minimum absolute atomic E-state index is 0.509. The Morgan fingerprint density at radius 3 is 2.68 bits per heavy atom. The Bertz CT molecular complexity index is 760. The highest BCUT2D eigenvalue weighted by atomic mass is 35.5. The first-order valence-electron chi connectivity index (χ1n) is 5.79. The van der Waals surface area contributed by atoms with E-state index >= 15 is 0 Å². The van der Waals surface area contributed by atoms with Crippen LogP contribution in [0.15, 0.2) is 53.7 Å². The van der Waals surface area contributed by atoms with E-state index in [1.54, 1.807) is 12.1 Å². The average molecular weight is 289 g/mol. The van der Waals surface area contributed by atoms with Crippen molar-refractivity contribution in [1.82, 2.24) is 4.98 Å². The molecule has 0 atom stereocenters. The largest absolute Gasteiger partial charge is 0.361 e. The molecule has 1 heterocycles. The van der Waals surface area contributed by atoms with Gasteiger partial charge in [-0.2, -0.15) is 0 Å². The molecule has 0 unspecified atom stereocenters. The number of aliphatic imine (C=N–C) groups is 1. The molecule has 0 radical (unpaired) electrons. The Morgan fingerprint density at radius 2 is 1.84 bits per heavy atom. The molecule has 2 nitrogen and oxygen atoms in total. The molecule has 1 N–H and O–H groups in total. The number of benzene rings is 2. The third-order valence-electron chi connectivity index (χ3n) is 2.88. The van der Waals surface area contributed by atoms with Crippen molar-refractivity contribution in [2.75, 3.05) is 0 Å². The first-order valence-corrected chi connectivity index (χ1v) is 6.55. The third kappa shape index (κ3) is 2.50. The van der Waals surface area contributed by atoms with E-state index in [4.69, 9.17) is 23.2 Å². The molecule has 19 heavy (non-hydrogen) atoms. The van der Waals surface area contributed by atoms with Gasteiger partial charge in [-0.1, -0.05) is 41.4 Å². The number of nitrogens with one attached hydrogen (secondary N) is 1. The van der Waals surface area contributed by atoms with Crippen LogP contribution in [-0.4, -0.2) is 11.2 Å². The highest BCUT2D eigenvalue weighted by Gasteiger charge is 2.01. The van der Waals surface area contributed by atoms with Gasteiger partial charge in [0.1, 0.15) is 0 Å². The first-order chi connectivity index (χ1) is 9.24. The average Bonchev–Trinajstić information content (AvgIpc) is 2.83. The van der Waals surface area contributed by atoms with Crippen molar-refractivity contribution < 1.29 is 0 Å². The number of fused-ring (bicyclic) bond motifs is 1. The molecule has 4 heteroatoms. The predicted molar refractivity (Wildman–Crippen MR) is 82.0 cm³/mol. The van der Waals surface area contributed by atoms with Crippen LogP contribution in [-0.2, 0) is 0 Å². The highest BCUT2D eigenvalue weighted by Crippen LogP contribution is 2.26. The monoisotopic (exact) mass is 288 g/mol. The van der Waals surface area contributed by atoms with Crippen molar-refractivity contribution in [1.29, 1.82) is 0 Å². The van der Waals surface area contributed by atoms with Crippen molar-refractivity contribution in [2.45, 2.75) is 0 Å². The summed E-state index contributed by atoms with van der Waals surface area (Å²) in [7, 11) is 0. The van der Waals surface area contributed by atoms with Crippen LogP contribution in [0.3, 0.4) is 0 Å². The number of hydrogen-bond donors (Lipinski definition) is 1. The van der Waals surface area contributed by atoms with Crippen LogP contribution < -0.4 is 0 Å². The van der Waals surface area contributed by atoms with Crippen molar-refractivity contribution in [2.24, 2.45) is 4.99 Å². The molecule has 0 spiro atoms. The maximum atomic E-state index is 5.96. The van der Waals surface area contributed by atoms with Crippen LogP contribution >= 0.6 is 23.2 Å². The molecule has 0 bridgehead atoms. The summed E-state index contributed by atoms with van der Waals surface area (Å²) >= 11 is 11.8. The van der Waals surface area contributed by atoms with Crippen LogP contribution in [0.4, 0.5) is 5.69 Å². The summed E-state index contributed by atoms with van der Waals surface area (Å²) in [6.45, 7) is 0. The quantitative estimate of drug-likeness (QED) is 0.626. The molecule has 0 aliphatic carbocycles. The molecule has 0 fully saturated rings. The van der Waals surface area contributed by atoms with Crippen LogP contribution in [0.2, 0.25) is 10.0 Å². The Labute approximate surface area is 120 Å². The fourth-order valence-electron chi connectivity index (χ4n) is 1.91. The molecule has 0 saturated heterocycles. The van der Waals surface area contributed by atoms with Gasteiger partial charge in [0.15, 0.2) is 0 Å². The topological polar surface area (TPSA) is 28.1 Å². The normalized spacial score (nSPS) is 11.5. The van der Waals surface area contributed by atoms with Gasteiger partial charge in [-0.3, -0.25) is 4.99 Å². The number of H-pyrrole nitrogens is 1. The molecule has 1 aromatic heterocycles. The van der Waals surface area contributed by atoms with Crippen LogP contribution in [0, 0.1) is 0 Å². The maximum Gasteiger partial charge on any atom is 0.0645 e. The molecule has 94 valence electrons. The summed E-state index contributed by atoms with van der Waals surface area (Å²) in [5, 5.41) is 2.19. The second-order valence-electron chi connectivity index (χ2n) is 4.15. The van der Waals surface area contributed by atoms with Crippen molar-refractivity contribution in [3.63, 3.8) is 0 Å². The lowest BCUT2D eigenvalue weighted by Gasteiger charge is -1.97. The number of halogens is 2. The first kappa shape index (κ1) is 12.3. The summed E-state index contributed by atoms with van der Waals surface area (Å²) in [4.78, 5) is 7.62. The van der Waals surface area contributed by atoms with Gasteiger partial charge >= 0.3 is 0 Å². The van der Waals surface area contributed by atoms with Gasteiger partial charge in [-0.15, -0.1) is 0 Å². The Balaban J connectivity index is 1.96. The maximum absolute atomic E-state index is 5.96. The zero-order valence-corrected chi connectivity index (χ0v) is 11.4. The molecule has 2 aromatic carbocycles. The Morgan fingerprint density at radius 1 is 1.00 bits per heavy atom. The Kier molecular flexibility index (Phi) is 3.28. The molecular weight excluding hydrogens is 279 g/mol. The van der Waals surface area contributed by atoms with E-state index in [1.807, 2.05) is 36.7 Å². The summed E-state index contributed by atoms with van der Waals surface area (Å²) in [6, 6.07) is 13.4. The van der Waals surface area contributed by atoms with E-state index in [-0.39, 0.29) is 0 Å². The minimum atomic E-state index is 0.509. The van der Waals surface area contributed by atoms with Crippen molar-refractivity contribution >= 4 is 46.0 Å². The van der Waals surface area contributed by atoms with Gasteiger partial charge in [0.05, 0.1) is 15.7 Å². The highest BCUT2D eigenvalue weighted by molar-refractivity contribution is 6.42. The van der Waals surface area contributed by atoms with E-state index < -0.39 is 0 Å². The van der Waals surface area contributed by atoms with Crippen LogP contribution in [0.1, 0.15) is 5.56 Å². The molecular formula is C15H10Cl2N2. The van der Waals surface area contributed by atoms with E-state index in [9.17, 15) is 0 Å². The lowest BCUT2D eigenvalue weighted by atomic mass is 10.2. The molecule has 3 aromatic rings. The van der Waals surface area contributed by atoms with Gasteiger partial charge in [-0.25, -0.2) is 0 Å². The van der Waals surface area contributed by atoms with E-state index in [1.165, 1.54) is 0 Å². The number of aromatic nitrogens is 1. The second-order valence-corrected chi connectivity index (χ2v) is 4.96. The van der Waals surface area contributed by atoms with Crippen molar-refractivity contribution in [3.05, 3.63) is 64.3 Å². The van der Waals surface area contributed by atoms with E-state index in [0.29, 0.717) is 10.0 Å². The third-order valence-corrected chi connectivity index (χ3v) is 3.62. The number of aromatic amines is 1. The summed E-state index contributed by atoms with van der Waals surface area (Å²) in [5.41, 5.74) is 2.92. The smallest absolute Gasteiger partial charge is 0.0645 e. The fourth-order valence-corrected chi connectivity index (χ4v) is 2.20. The van der Waals surface area contributed by atoms with Crippen LogP contribution in [0.25, 0.3) is 10.9 Å². The number of hydrogen-bond acceptors (Lipinski definition) is 1. The Hall–Kier alpha value is -1.77.